The first-order chi connectivity index (χ1) is 11.0. The van der Waals surface area contributed by atoms with Crippen molar-refractivity contribution in [2.24, 2.45) is 0 Å². The van der Waals surface area contributed by atoms with Crippen LogP contribution >= 0.6 is 22.7 Å². The van der Waals surface area contributed by atoms with E-state index in [1.165, 1.54) is 11.9 Å². The molecule has 1 fully saturated rings. The molecule has 1 aliphatic rings. The van der Waals surface area contributed by atoms with Gasteiger partial charge in [-0.15, -0.1) is 22.7 Å². The van der Waals surface area contributed by atoms with E-state index in [0.29, 0.717) is 6.54 Å². The fourth-order valence-electron chi connectivity index (χ4n) is 2.77. The van der Waals surface area contributed by atoms with Crippen LogP contribution in [0.2, 0.25) is 0 Å². The summed E-state index contributed by atoms with van der Waals surface area (Å²) in [5, 5.41) is 3.72. The van der Waals surface area contributed by atoms with E-state index < -0.39 is 10.0 Å². The summed E-state index contributed by atoms with van der Waals surface area (Å²) in [4.78, 5) is 15.6. The van der Waals surface area contributed by atoms with E-state index >= 15 is 0 Å². The van der Waals surface area contributed by atoms with E-state index in [9.17, 15) is 13.2 Å². The van der Waals surface area contributed by atoms with Crippen LogP contribution in [0.3, 0.4) is 0 Å². The number of thiophene rings is 2. The number of nitrogens with zero attached hydrogens (tertiary/aromatic N) is 2. The Morgan fingerprint density at radius 1 is 1.30 bits per heavy atom. The van der Waals surface area contributed by atoms with Gasteiger partial charge in [0.1, 0.15) is 4.21 Å². The molecule has 8 heteroatoms. The van der Waals surface area contributed by atoms with Gasteiger partial charge in [0, 0.05) is 18.5 Å². The van der Waals surface area contributed by atoms with Gasteiger partial charge in [0.2, 0.25) is 5.91 Å². The molecule has 0 N–H and O–H groups in total. The van der Waals surface area contributed by atoms with Gasteiger partial charge in [-0.2, -0.15) is 4.31 Å². The summed E-state index contributed by atoms with van der Waals surface area (Å²) in [6.45, 7) is 0.566. The van der Waals surface area contributed by atoms with E-state index in [0.717, 1.165) is 28.5 Å². The van der Waals surface area contributed by atoms with Crippen molar-refractivity contribution in [3.8, 4) is 0 Å². The standard InChI is InChI=1S/C15H18N2O3S3/c1-16(23(19,20)15-7-4-10-22-15)11-14(18)17-8-2-5-12(17)13-6-3-9-21-13/h3-4,6-7,9-10,12H,2,5,8,11H2,1H3. The summed E-state index contributed by atoms with van der Waals surface area (Å²) in [7, 11) is -2.12. The summed E-state index contributed by atoms with van der Waals surface area (Å²) in [5.74, 6) is -0.136. The Bertz CT molecular complexity index is 754. The van der Waals surface area contributed by atoms with Crippen molar-refractivity contribution in [2.75, 3.05) is 20.1 Å². The minimum absolute atomic E-state index is 0.0836. The zero-order valence-corrected chi connectivity index (χ0v) is 15.2. The summed E-state index contributed by atoms with van der Waals surface area (Å²) in [6.07, 6.45) is 1.89. The van der Waals surface area contributed by atoms with Crippen LogP contribution in [0, 0.1) is 0 Å². The van der Waals surface area contributed by atoms with Crippen molar-refractivity contribution < 1.29 is 13.2 Å². The maximum Gasteiger partial charge on any atom is 0.252 e. The largest absolute Gasteiger partial charge is 0.334 e. The third kappa shape index (κ3) is 3.35. The molecule has 1 atom stereocenters. The van der Waals surface area contributed by atoms with Gasteiger partial charge in [0.05, 0.1) is 12.6 Å². The van der Waals surface area contributed by atoms with Crippen molar-refractivity contribution in [1.29, 1.82) is 0 Å². The summed E-state index contributed by atoms with van der Waals surface area (Å²) >= 11 is 2.80. The minimum Gasteiger partial charge on any atom is -0.334 e. The Morgan fingerprint density at radius 2 is 2.04 bits per heavy atom. The van der Waals surface area contributed by atoms with Crippen LogP contribution in [-0.4, -0.2) is 43.7 Å². The quantitative estimate of drug-likeness (QED) is 0.813. The van der Waals surface area contributed by atoms with Crippen LogP contribution in [0.5, 0.6) is 0 Å². The number of hydrogen-bond donors (Lipinski definition) is 0. The van der Waals surface area contributed by atoms with Crippen molar-refractivity contribution in [2.45, 2.75) is 23.1 Å². The molecule has 2 aromatic rings. The average Bonchev–Trinajstić information content (AvgIpc) is 3.25. The number of rotatable bonds is 5. The Labute approximate surface area is 144 Å². The Kier molecular flexibility index (Phi) is 4.86. The van der Waals surface area contributed by atoms with E-state index in [2.05, 4.69) is 0 Å². The third-order valence-corrected chi connectivity index (χ3v) is 8.11. The SMILES string of the molecule is CN(CC(=O)N1CCCC1c1cccs1)S(=O)(=O)c1cccs1. The normalized spacial score (nSPS) is 18.7. The summed E-state index contributed by atoms with van der Waals surface area (Å²) in [6, 6.07) is 7.35. The predicted octanol–water partition coefficient (Wildman–Crippen LogP) is 2.79. The molecule has 2 aromatic heterocycles. The van der Waals surface area contributed by atoms with E-state index in [1.54, 1.807) is 28.8 Å². The number of amides is 1. The number of sulfonamides is 1. The topological polar surface area (TPSA) is 57.7 Å². The van der Waals surface area contributed by atoms with Gasteiger partial charge in [0.25, 0.3) is 10.0 Å². The summed E-state index contributed by atoms with van der Waals surface area (Å²) in [5.41, 5.74) is 0. The Hall–Kier alpha value is -1.22. The van der Waals surface area contributed by atoms with Gasteiger partial charge in [-0.25, -0.2) is 8.42 Å². The third-order valence-electron chi connectivity index (χ3n) is 3.96. The molecular formula is C15H18N2O3S3. The lowest BCUT2D eigenvalue weighted by atomic mass is 10.2. The van der Waals surface area contributed by atoms with Gasteiger partial charge in [-0.1, -0.05) is 12.1 Å². The molecule has 0 radical (unpaired) electrons. The highest BCUT2D eigenvalue weighted by molar-refractivity contribution is 7.91. The second-order valence-corrected chi connectivity index (χ2v) is 9.65. The van der Waals surface area contributed by atoms with Gasteiger partial charge in [-0.3, -0.25) is 4.79 Å². The first kappa shape index (κ1) is 16.6. The molecule has 1 unspecified atom stereocenters. The molecule has 23 heavy (non-hydrogen) atoms. The Balaban J connectivity index is 1.71. The lowest BCUT2D eigenvalue weighted by Crippen LogP contribution is -2.40. The number of likely N-dealkylation sites (tertiary alicyclic amines) is 1. The molecule has 0 aliphatic carbocycles. The fourth-order valence-corrected chi connectivity index (χ4v) is 5.97. The van der Waals surface area contributed by atoms with Crippen molar-refractivity contribution in [3.63, 3.8) is 0 Å². The number of likely N-dealkylation sites (N-methyl/N-ethyl adjacent to an activating group) is 1. The lowest BCUT2D eigenvalue weighted by Gasteiger charge is -2.26. The number of hydrogen-bond acceptors (Lipinski definition) is 5. The van der Waals surface area contributed by atoms with E-state index in [-0.39, 0.29) is 22.7 Å². The second kappa shape index (κ2) is 6.72. The van der Waals surface area contributed by atoms with Gasteiger partial charge in [-0.05, 0) is 35.7 Å². The van der Waals surface area contributed by atoms with Crippen LogP contribution in [0.25, 0.3) is 0 Å². The van der Waals surface area contributed by atoms with Crippen LogP contribution < -0.4 is 0 Å². The maximum atomic E-state index is 12.6. The molecule has 0 saturated carbocycles. The van der Waals surface area contributed by atoms with Crippen molar-refractivity contribution in [1.82, 2.24) is 9.21 Å². The number of carbonyl (C=O) groups excluding carboxylic acids is 1. The minimum atomic E-state index is -3.58. The number of carbonyl (C=O) groups is 1. The van der Waals surface area contributed by atoms with Crippen molar-refractivity contribution in [3.05, 3.63) is 39.9 Å². The lowest BCUT2D eigenvalue weighted by molar-refractivity contribution is -0.132. The highest BCUT2D eigenvalue weighted by Gasteiger charge is 2.33. The maximum absolute atomic E-state index is 12.6. The zero-order chi connectivity index (χ0) is 16.4. The molecule has 0 bridgehead atoms. The highest BCUT2D eigenvalue weighted by atomic mass is 32.2. The smallest absolute Gasteiger partial charge is 0.252 e. The first-order valence-electron chi connectivity index (χ1n) is 7.33. The van der Waals surface area contributed by atoms with Gasteiger partial charge < -0.3 is 4.90 Å². The fraction of sp³-hybridized carbons (Fsp3) is 0.400. The van der Waals surface area contributed by atoms with Crippen LogP contribution in [0.4, 0.5) is 0 Å². The van der Waals surface area contributed by atoms with Gasteiger partial charge >= 0.3 is 0 Å². The summed E-state index contributed by atoms with van der Waals surface area (Å²) < 4.78 is 26.3. The Morgan fingerprint density at radius 3 is 2.70 bits per heavy atom. The monoisotopic (exact) mass is 370 g/mol. The molecule has 5 nitrogen and oxygen atoms in total. The zero-order valence-electron chi connectivity index (χ0n) is 12.7. The molecule has 3 heterocycles. The molecular weight excluding hydrogens is 352 g/mol. The molecule has 124 valence electrons. The van der Waals surface area contributed by atoms with E-state index in [4.69, 9.17) is 0 Å². The van der Waals surface area contributed by atoms with Crippen molar-refractivity contribution >= 4 is 38.6 Å². The van der Waals surface area contributed by atoms with Gasteiger partial charge in [0.15, 0.2) is 0 Å². The predicted molar refractivity (Wildman–Crippen MR) is 92.1 cm³/mol. The van der Waals surface area contributed by atoms with Crippen LogP contribution in [0.1, 0.15) is 23.8 Å². The van der Waals surface area contributed by atoms with Crippen LogP contribution in [-0.2, 0) is 14.8 Å². The molecule has 0 aromatic carbocycles. The molecule has 3 rings (SSSR count). The van der Waals surface area contributed by atoms with Crippen LogP contribution in [0.15, 0.2) is 39.2 Å². The second-order valence-electron chi connectivity index (χ2n) is 5.45. The van der Waals surface area contributed by atoms with E-state index in [1.807, 2.05) is 22.4 Å². The average molecular weight is 371 g/mol. The molecule has 1 amide bonds. The highest BCUT2D eigenvalue weighted by Crippen LogP contribution is 2.34. The first-order valence-corrected chi connectivity index (χ1v) is 10.5. The molecule has 0 spiro atoms. The molecule has 1 saturated heterocycles. The molecule has 1 aliphatic heterocycles.